The summed E-state index contributed by atoms with van der Waals surface area (Å²) >= 11 is 0. The SMILES string of the molecule is CC1CCCC(C=O)(CN2CCC(CO)CC2)C1. The summed E-state index contributed by atoms with van der Waals surface area (Å²) in [5, 5.41) is 9.16. The number of aliphatic hydroxyl groups is 1. The first-order chi connectivity index (χ1) is 8.67. The van der Waals surface area contributed by atoms with Gasteiger partial charge < -0.3 is 14.8 Å². The zero-order chi connectivity index (χ0) is 13.0. The molecule has 1 aliphatic heterocycles. The van der Waals surface area contributed by atoms with Gasteiger partial charge in [0.05, 0.1) is 0 Å². The van der Waals surface area contributed by atoms with Crippen LogP contribution in [0.4, 0.5) is 0 Å². The predicted molar refractivity (Wildman–Crippen MR) is 72.4 cm³/mol. The van der Waals surface area contributed by atoms with Crippen molar-refractivity contribution in [2.75, 3.05) is 26.2 Å². The molecule has 2 atom stereocenters. The second-order valence-electron chi connectivity index (χ2n) is 6.58. The summed E-state index contributed by atoms with van der Waals surface area (Å²) in [6, 6.07) is 0. The van der Waals surface area contributed by atoms with Crippen LogP contribution in [0.2, 0.25) is 0 Å². The molecule has 2 aliphatic rings. The van der Waals surface area contributed by atoms with Gasteiger partial charge in [0, 0.05) is 18.6 Å². The van der Waals surface area contributed by atoms with Gasteiger partial charge in [-0.2, -0.15) is 0 Å². The minimum atomic E-state index is -0.0796. The molecule has 0 radical (unpaired) electrons. The quantitative estimate of drug-likeness (QED) is 0.780. The lowest BCUT2D eigenvalue weighted by molar-refractivity contribution is -0.120. The molecule has 2 fully saturated rings. The normalized spacial score (nSPS) is 35.6. The van der Waals surface area contributed by atoms with Gasteiger partial charge in [-0.15, -0.1) is 0 Å². The number of aldehydes is 1. The standard InChI is InChI=1S/C15H27NO2/c1-13-3-2-6-15(9-13,12-18)11-16-7-4-14(10-17)5-8-16/h12-14,17H,2-11H2,1H3. The van der Waals surface area contributed by atoms with E-state index in [-0.39, 0.29) is 5.41 Å². The van der Waals surface area contributed by atoms with Gasteiger partial charge in [-0.05, 0) is 50.6 Å². The zero-order valence-electron chi connectivity index (χ0n) is 11.6. The fourth-order valence-electron chi connectivity index (χ4n) is 3.76. The molecule has 2 unspecified atom stereocenters. The molecule has 3 nitrogen and oxygen atoms in total. The van der Waals surface area contributed by atoms with E-state index in [1.54, 1.807) is 0 Å². The van der Waals surface area contributed by atoms with Crippen molar-refractivity contribution in [3.05, 3.63) is 0 Å². The minimum absolute atomic E-state index is 0.0796. The minimum Gasteiger partial charge on any atom is -0.396 e. The average Bonchev–Trinajstić information content (AvgIpc) is 2.39. The Morgan fingerprint density at radius 2 is 2.06 bits per heavy atom. The van der Waals surface area contributed by atoms with Crippen LogP contribution < -0.4 is 0 Å². The number of hydrogen-bond acceptors (Lipinski definition) is 3. The van der Waals surface area contributed by atoms with E-state index in [2.05, 4.69) is 11.8 Å². The number of hydrogen-bond donors (Lipinski definition) is 1. The lowest BCUT2D eigenvalue weighted by atomic mass is 9.70. The number of piperidine rings is 1. The molecule has 0 spiro atoms. The lowest BCUT2D eigenvalue weighted by Gasteiger charge is -2.41. The predicted octanol–water partition coefficient (Wildman–Crippen LogP) is 2.09. The van der Waals surface area contributed by atoms with Gasteiger partial charge in [-0.25, -0.2) is 0 Å². The molecule has 1 aliphatic carbocycles. The summed E-state index contributed by atoms with van der Waals surface area (Å²) < 4.78 is 0. The molecule has 2 rings (SSSR count). The second-order valence-corrected chi connectivity index (χ2v) is 6.58. The van der Waals surface area contributed by atoms with E-state index in [4.69, 9.17) is 5.11 Å². The Morgan fingerprint density at radius 1 is 1.33 bits per heavy atom. The van der Waals surface area contributed by atoms with Crippen molar-refractivity contribution in [3.63, 3.8) is 0 Å². The molecule has 0 aromatic carbocycles. The van der Waals surface area contributed by atoms with Crippen molar-refractivity contribution in [3.8, 4) is 0 Å². The number of nitrogens with zero attached hydrogens (tertiary/aromatic N) is 1. The highest BCUT2D eigenvalue weighted by Crippen LogP contribution is 2.39. The maximum Gasteiger partial charge on any atom is 0.127 e. The van der Waals surface area contributed by atoms with Gasteiger partial charge in [0.25, 0.3) is 0 Å². The molecule has 18 heavy (non-hydrogen) atoms. The van der Waals surface area contributed by atoms with Crippen molar-refractivity contribution in [1.29, 1.82) is 0 Å². The summed E-state index contributed by atoms with van der Waals surface area (Å²) in [5.74, 6) is 1.18. The average molecular weight is 253 g/mol. The van der Waals surface area contributed by atoms with Crippen LogP contribution in [-0.2, 0) is 4.79 Å². The van der Waals surface area contributed by atoms with Crippen LogP contribution in [0.5, 0.6) is 0 Å². The van der Waals surface area contributed by atoms with Crippen molar-refractivity contribution in [2.45, 2.75) is 45.4 Å². The third-order valence-corrected chi connectivity index (χ3v) is 4.88. The fraction of sp³-hybridized carbons (Fsp3) is 0.933. The molecule has 0 aromatic rings. The number of rotatable bonds is 4. The highest BCUT2D eigenvalue weighted by molar-refractivity contribution is 5.60. The summed E-state index contributed by atoms with van der Waals surface area (Å²) in [7, 11) is 0. The Morgan fingerprint density at radius 3 is 2.61 bits per heavy atom. The molecule has 104 valence electrons. The third kappa shape index (κ3) is 3.33. The second kappa shape index (κ2) is 6.16. The van der Waals surface area contributed by atoms with Crippen molar-refractivity contribution in [1.82, 2.24) is 4.90 Å². The molecule has 0 amide bonds. The number of likely N-dealkylation sites (tertiary alicyclic amines) is 1. The largest absolute Gasteiger partial charge is 0.396 e. The molecular formula is C15H27NO2. The first-order valence-corrected chi connectivity index (χ1v) is 7.47. The Bertz CT molecular complexity index is 274. The highest BCUT2D eigenvalue weighted by atomic mass is 16.3. The summed E-state index contributed by atoms with van der Waals surface area (Å²) in [6.45, 7) is 5.64. The number of carbonyl (C=O) groups is 1. The van der Waals surface area contributed by atoms with Crippen LogP contribution >= 0.6 is 0 Å². The van der Waals surface area contributed by atoms with E-state index < -0.39 is 0 Å². The Labute approximate surface area is 111 Å². The Kier molecular flexibility index (Phi) is 4.79. The van der Waals surface area contributed by atoms with Crippen LogP contribution in [0.1, 0.15) is 45.4 Å². The molecule has 0 bridgehead atoms. The van der Waals surface area contributed by atoms with E-state index in [0.29, 0.717) is 18.4 Å². The van der Waals surface area contributed by atoms with Gasteiger partial charge in [-0.1, -0.05) is 19.8 Å². The molecule has 1 saturated carbocycles. The van der Waals surface area contributed by atoms with Gasteiger partial charge in [0.1, 0.15) is 6.29 Å². The summed E-state index contributed by atoms with van der Waals surface area (Å²) in [4.78, 5) is 14.0. The highest BCUT2D eigenvalue weighted by Gasteiger charge is 2.37. The molecule has 1 saturated heterocycles. The Hall–Kier alpha value is -0.410. The monoisotopic (exact) mass is 253 g/mol. The zero-order valence-corrected chi connectivity index (χ0v) is 11.6. The van der Waals surface area contributed by atoms with Gasteiger partial charge in [0.2, 0.25) is 0 Å². The van der Waals surface area contributed by atoms with Crippen molar-refractivity contribution in [2.24, 2.45) is 17.3 Å². The molecular weight excluding hydrogens is 226 g/mol. The first-order valence-electron chi connectivity index (χ1n) is 7.47. The van der Waals surface area contributed by atoms with E-state index in [0.717, 1.165) is 45.3 Å². The van der Waals surface area contributed by atoms with Crippen LogP contribution in [0.25, 0.3) is 0 Å². The molecule has 1 heterocycles. The van der Waals surface area contributed by atoms with Gasteiger partial charge >= 0.3 is 0 Å². The van der Waals surface area contributed by atoms with Crippen molar-refractivity contribution < 1.29 is 9.90 Å². The maximum absolute atomic E-state index is 11.6. The fourth-order valence-corrected chi connectivity index (χ4v) is 3.76. The summed E-state index contributed by atoms with van der Waals surface area (Å²) in [6.07, 6.45) is 8.02. The smallest absolute Gasteiger partial charge is 0.127 e. The lowest BCUT2D eigenvalue weighted by Crippen LogP contribution is -2.45. The number of aliphatic hydroxyl groups excluding tert-OH is 1. The Balaban J connectivity index is 1.88. The van der Waals surface area contributed by atoms with E-state index in [1.165, 1.54) is 19.1 Å². The van der Waals surface area contributed by atoms with Gasteiger partial charge in [-0.3, -0.25) is 0 Å². The third-order valence-electron chi connectivity index (χ3n) is 4.88. The molecule has 1 N–H and O–H groups in total. The van der Waals surface area contributed by atoms with E-state index in [9.17, 15) is 4.79 Å². The van der Waals surface area contributed by atoms with E-state index in [1.807, 2.05) is 0 Å². The van der Waals surface area contributed by atoms with Crippen LogP contribution in [0.3, 0.4) is 0 Å². The van der Waals surface area contributed by atoms with Crippen LogP contribution in [0.15, 0.2) is 0 Å². The van der Waals surface area contributed by atoms with E-state index >= 15 is 0 Å². The first kappa shape index (κ1) is 14.0. The molecule has 0 aromatic heterocycles. The van der Waals surface area contributed by atoms with Gasteiger partial charge in [0.15, 0.2) is 0 Å². The van der Waals surface area contributed by atoms with Crippen molar-refractivity contribution >= 4 is 6.29 Å². The molecule has 3 heteroatoms. The maximum atomic E-state index is 11.6. The number of carbonyl (C=O) groups excluding carboxylic acids is 1. The topological polar surface area (TPSA) is 40.5 Å². The van der Waals surface area contributed by atoms with Crippen LogP contribution in [0, 0.1) is 17.3 Å². The van der Waals surface area contributed by atoms with Crippen LogP contribution in [-0.4, -0.2) is 42.5 Å². The summed E-state index contributed by atoms with van der Waals surface area (Å²) in [5.41, 5.74) is -0.0796.